The Labute approximate surface area is 106 Å². The van der Waals surface area contributed by atoms with Gasteiger partial charge in [-0.05, 0) is 27.6 Å². The van der Waals surface area contributed by atoms with Crippen molar-refractivity contribution in [2.75, 3.05) is 7.05 Å². The SMILES string of the molecule is CN=CC(=CN)c1cc(Br)c(O)c([N+](=O)[O-])c1. The molecule has 0 heterocycles. The molecule has 0 atom stereocenters. The number of nitro groups is 1. The van der Waals surface area contributed by atoms with E-state index in [0.717, 1.165) is 0 Å². The third-order valence-electron chi connectivity index (χ3n) is 2.02. The molecule has 0 saturated heterocycles. The van der Waals surface area contributed by atoms with E-state index < -0.39 is 16.4 Å². The summed E-state index contributed by atoms with van der Waals surface area (Å²) in [5.41, 5.74) is 6.03. The lowest BCUT2D eigenvalue weighted by molar-refractivity contribution is -0.386. The summed E-state index contributed by atoms with van der Waals surface area (Å²) in [6.45, 7) is 0. The van der Waals surface area contributed by atoms with Gasteiger partial charge in [0.2, 0.25) is 5.75 Å². The topological polar surface area (TPSA) is 102 Å². The van der Waals surface area contributed by atoms with Crippen molar-refractivity contribution in [1.82, 2.24) is 0 Å². The molecule has 0 radical (unpaired) electrons. The van der Waals surface area contributed by atoms with Gasteiger partial charge in [0.15, 0.2) is 0 Å². The first-order valence-electron chi connectivity index (χ1n) is 4.52. The van der Waals surface area contributed by atoms with Gasteiger partial charge in [-0.15, -0.1) is 0 Å². The number of halogens is 1. The Bertz CT molecular complexity index is 512. The number of phenols is 1. The number of aromatic hydroxyl groups is 1. The van der Waals surface area contributed by atoms with Gasteiger partial charge in [0.05, 0.1) is 9.40 Å². The molecule has 0 unspecified atom stereocenters. The molecule has 0 aliphatic rings. The number of nitrogens with zero attached hydrogens (tertiary/aromatic N) is 2. The van der Waals surface area contributed by atoms with Crippen molar-refractivity contribution in [3.8, 4) is 5.75 Å². The second kappa shape index (κ2) is 5.44. The van der Waals surface area contributed by atoms with E-state index in [1.165, 1.54) is 24.5 Å². The average molecular weight is 300 g/mol. The van der Waals surface area contributed by atoms with Crippen LogP contribution in [0.4, 0.5) is 5.69 Å². The summed E-state index contributed by atoms with van der Waals surface area (Å²) in [6.07, 6.45) is 2.76. The first-order chi connectivity index (χ1) is 8.01. The van der Waals surface area contributed by atoms with E-state index in [2.05, 4.69) is 20.9 Å². The number of nitrogens with two attached hydrogens (primary N) is 1. The van der Waals surface area contributed by atoms with Gasteiger partial charge in [-0.3, -0.25) is 15.1 Å². The first-order valence-corrected chi connectivity index (χ1v) is 5.32. The first kappa shape index (κ1) is 13.2. The van der Waals surface area contributed by atoms with Crippen LogP contribution in [-0.4, -0.2) is 23.3 Å². The molecule has 0 bridgehead atoms. The van der Waals surface area contributed by atoms with Crippen LogP contribution in [0.15, 0.2) is 27.8 Å². The Kier molecular flexibility index (Phi) is 4.22. The van der Waals surface area contributed by atoms with Crippen LogP contribution >= 0.6 is 15.9 Å². The zero-order valence-electron chi connectivity index (χ0n) is 8.92. The molecular formula is C10H10BrN3O3. The summed E-state index contributed by atoms with van der Waals surface area (Å²) in [6, 6.07) is 2.77. The number of allylic oxidation sites excluding steroid dienone is 1. The van der Waals surface area contributed by atoms with E-state index in [1.807, 2.05) is 0 Å². The summed E-state index contributed by atoms with van der Waals surface area (Å²) in [7, 11) is 1.56. The van der Waals surface area contributed by atoms with E-state index in [4.69, 9.17) is 5.73 Å². The summed E-state index contributed by atoms with van der Waals surface area (Å²) in [4.78, 5) is 13.9. The van der Waals surface area contributed by atoms with Crippen LogP contribution in [0.3, 0.4) is 0 Å². The van der Waals surface area contributed by atoms with E-state index in [9.17, 15) is 15.2 Å². The second-order valence-electron chi connectivity index (χ2n) is 3.09. The summed E-state index contributed by atoms with van der Waals surface area (Å²) in [5, 5.41) is 20.2. The van der Waals surface area contributed by atoms with E-state index in [-0.39, 0.29) is 4.47 Å². The lowest BCUT2D eigenvalue weighted by Gasteiger charge is -2.04. The van der Waals surface area contributed by atoms with Crippen LogP contribution in [0.5, 0.6) is 5.75 Å². The van der Waals surface area contributed by atoms with Crippen LogP contribution in [-0.2, 0) is 0 Å². The number of nitro benzene ring substituents is 1. The van der Waals surface area contributed by atoms with Crippen molar-refractivity contribution < 1.29 is 10.0 Å². The molecule has 1 rings (SSSR count). The molecule has 1 aromatic rings. The van der Waals surface area contributed by atoms with E-state index in [0.29, 0.717) is 11.1 Å². The van der Waals surface area contributed by atoms with Crippen molar-refractivity contribution in [3.05, 3.63) is 38.5 Å². The molecule has 0 saturated carbocycles. The Morgan fingerprint density at radius 3 is 2.76 bits per heavy atom. The van der Waals surface area contributed by atoms with Crippen molar-refractivity contribution in [3.63, 3.8) is 0 Å². The molecule has 1 aromatic carbocycles. The molecule has 3 N–H and O–H groups in total. The summed E-state index contributed by atoms with van der Waals surface area (Å²) >= 11 is 3.05. The average Bonchev–Trinajstić information content (AvgIpc) is 2.29. The van der Waals surface area contributed by atoms with Crippen LogP contribution < -0.4 is 5.73 Å². The van der Waals surface area contributed by atoms with E-state index in [1.54, 1.807) is 7.05 Å². The zero-order valence-corrected chi connectivity index (χ0v) is 10.5. The van der Waals surface area contributed by atoms with Gasteiger partial charge in [0.25, 0.3) is 0 Å². The van der Waals surface area contributed by atoms with Crippen molar-refractivity contribution in [2.45, 2.75) is 0 Å². The maximum atomic E-state index is 10.7. The fourth-order valence-electron chi connectivity index (χ4n) is 1.24. The van der Waals surface area contributed by atoms with Crippen molar-refractivity contribution >= 4 is 33.4 Å². The minimum atomic E-state index is -0.666. The Morgan fingerprint density at radius 1 is 1.65 bits per heavy atom. The zero-order chi connectivity index (χ0) is 13.0. The molecular weight excluding hydrogens is 290 g/mol. The Balaban J connectivity index is 3.42. The normalized spacial score (nSPS) is 12.0. The van der Waals surface area contributed by atoms with Gasteiger partial charge in [-0.25, -0.2) is 0 Å². The minimum absolute atomic E-state index is 0.227. The lowest BCUT2D eigenvalue weighted by atomic mass is 10.1. The lowest BCUT2D eigenvalue weighted by Crippen LogP contribution is -1.95. The number of hydrogen-bond acceptors (Lipinski definition) is 5. The van der Waals surface area contributed by atoms with Crippen LogP contribution in [0.1, 0.15) is 5.56 Å². The highest BCUT2D eigenvalue weighted by atomic mass is 79.9. The molecule has 0 spiro atoms. The van der Waals surface area contributed by atoms with Crippen molar-refractivity contribution in [2.24, 2.45) is 10.7 Å². The summed E-state index contributed by atoms with van der Waals surface area (Å²) < 4.78 is 0.227. The molecule has 6 nitrogen and oxygen atoms in total. The highest BCUT2D eigenvalue weighted by Gasteiger charge is 2.18. The van der Waals surface area contributed by atoms with Crippen LogP contribution in [0.25, 0.3) is 5.57 Å². The highest BCUT2D eigenvalue weighted by molar-refractivity contribution is 9.10. The summed E-state index contributed by atoms with van der Waals surface area (Å²) in [5.74, 6) is -0.413. The number of hydrogen-bond donors (Lipinski definition) is 2. The fraction of sp³-hybridized carbons (Fsp3) is 0.100. The predicted octanol–water partition coefficient (Wildman–Crippen LogP) is 2.06. The largest absolute Gasteiger partial charge is 0.501 e. The van der Waals surface area contributed by atoms with Gasteiger partial charge in [-0.2, -0.15) is 0 Å². The number of benzene rings is 1. The molecule has 0 aliphatic carbocycles. The highest BCUT2D eigenvalue weighted by Crippen LogP contribution is 2.36. The Hall–Kier alpha value is -1.89. The maximum Gasteiger partial charge on any atom is 0.312 e. The van der Waals surface area contributed by atoms with Crippen LogP contribution in [0.2, 0.25) is 0 Å². The van der Waals surface area contributed by atoms with Crippen LogP contribution in [0, 0.1) is 10.1 Å². The van der Waals surface area contributed by atoms with Gasteiger partial charge >= 0.3 is 5.69 Å². The smallest absolute Gasteiger partial charge is 0.312 e. The molecule has 0 aliphatic heterocycles. The predicted molar refractivity (Wildman–Crippen MR) is 69.0 cm³/mol. The number of aliphatic imine (C=N–C) groups is 1. The molecule has 7 heteroatoms. The Morgan fingerprint density at radius 2 is 2.29 bits per heavy atom. The third-order valence-corrected chi connectivity index (χ3v) is 2.63. The quantitative estimate of drug-likeness (QED) is 0.506. The van der Waals surface area contributed by atoms with Gasteiger partial charge < -0.3 is 10.8 Å². The molecule has 0 amide bonds. The molecule has 0 aromatic heterocycles. The number of rotatable bonds is 3. The number of phenolic OH excluding ortho intramolecular Hbond substituents is 1. The van der Waals surface area contributed by atoms with Crippen molar-refractivity contribution in [1.29, 1.82) is 0 Å². The monoisotopic (exact) mass is 299 g/mol. The minimum Gasteiger partial charge on any atom is -0.501 e. The molecule has 17 heavy (non-hydrogen) atoms. The van der Waals surface area contributed by atoms with E-state index >= 15 is 0 Å². The van der Waals surface area contributed by atoms with Gasteiger partial charge in [0, 0.05) is 31.1 Å². The van der Waals surface area contributed by atoms with Gasteiger partial charge in [0.1, 0.15) is 0 Å². The standard InChI is InChI=1S/C10H10BrN3O3/c1-13-5-7(4-12)6-2-8(11)10(15)9(3-6)14(16)17/h2-5,15H,12H2,1H3. The fourth-order valence-corrected chi connectivity index (χ4v) is 1.69. The maximum absolute atomic E-state index is 10.7. The second-order valence-corrected chi connectivity index (χ2v) is 3.95. The molecule has 0 fully saturated rings. The third kappa shape index (κ3) is 2.82. The van der Waals surface area contributed by atoms with Gasteiger partial charge in [-0.1, -0.05) is 0 Å². The molecule has 90 valence electrons.